The Hall–Kier alpha value is -3.11. The molecule has 2 aromatic carbocycles. The molecule has 5 heteroatoms. The van der Waals surface area contributed by atoms with Gasteiger partial charge in [-0.05, 0) is 110 Å². The molecule has 0 atom stereocenters. The summed E-state index contributed by atoms with van der Waals surface area (Å²) in [5.74, 6) is 3.11. The number of ether oxygens (including phenoxy) is 2. The summed E-state index contributed by atoms with van der Waals surface area (Å²) in [4.78, 5) is 16.4. The van der Waals surface area contributed by atoms with E-state index in [0.717, 1.165) is 40.3 Å². The number of rotatable bonds is 8. The van der Waals surface area contributed by atoms with Crippen LogP contribution in [-0.4, -0.2) is 17.6 Å². The van der Waals surface area contributed by atoms with Crippen molar-refractivity contribution < 1.29 is 14.3 Å². The van der Waals surface area contributed by atoms with Gasteiger partial charge in [-0.3, -0.25) is 4.98 Å². The van der Waals surface area contributed by atoms with Crippen LogP contribution in [0.4, 0.5) is 0 Å². The molecule has 4 aliphatic carbocycles. The van der Waals surface area contributed by atoms with Crippen LogP contribution in [0.2, 0.25) is 5.02 Å². The number of carbonyl (C=O) groups is 1. The second kappa shape index (κ2) is 10.6. The Morgan fingerprint density at radius 1 is 1.03 bits per heavy atom. The third-order valence-electron chi connectivity index (χ3n) is 8.66. The van der Waals surface area contributed by atoms with E-state index in [2.05, 4.69) is 42.5 Å². The number of hydrogen-bond acceptors (Lipinski definition) is 4. The summed E-state index contributed by atoms with van der Waals surface area (Å²) in [6.07, 6.45) is 12.8. The number of aromatic nitrogens is 1. The number of hydrogen-bond donors (Lipinski definition) is 0. The van der Waals surface area contributed by atoms with Crippen molar-refractivity contribution in [2.75, 3.05) is 6.61 Å². The van der Waals surface area contributed by atoms with E-state index < -0.39 is 0 Å². The van der Waals surface area contributed by atoms with Gasteiger partial charge in [0.2, 0.25) is 0 Å². The maximum atomic E-state index is 11.7. The summed E-state index contributed by atoms with van der Waals surface area (Å²) in [6.45, 7) is 2.69. The molecule has 0 radical (unpaired) electrons. The fraction of sp³-hybridized carbons (Fsp3) is 0.394. The van der Waals surface area contributed by atoms with Gasteiger partial charge < -0.3 is 9.47 Å². The van der Waals surface area contributed by atoms with Gasteiger partial charge in [-0.2, -0.15) is 0 Å². The lowest BCUT2D eigenvalue weighted by Crippen LogP contribution is -2.48. The average Bonchev–Trinajstić information content (AvgIpc) is 2.91. The molecule has 0 amide bonds. The third-order valence-corrected chi connectivity index (χ3v) is 8.95. The lowest BCUT2D eigenvalue weighted by Gasteiger charge is -2.57. The third kappa shape index (κ3) is 5.11. The molecule has 0 spiro atoms. The molecule has 4 bridgehead atoms. The molecule has 38 heavy (non-hydrogen) atoms. The fourth-order valence-corrected chi connectivity index (χ4v) is 7.79. The first-order valence-electron chi connectivity index (χ1n) is 13.8. The van der Waals surface area contributed by atoms with E-state index >= 15 is 0 Å². The largest absolute Gasteiger partial charge is 0.489 e. The maximum absolute atomic E-state index is 11.7. The molecular formula is C33H34ClNO3. The van der Waals surface area contributed by atoms with Crippen molar-refractivity contribution in [3.63, 3.8) is 0 Å². The van der Waals surface area contributed by atoms with Crippen molar-refractivity contribution >= 4 is 23.6 Å². The van der Waals surface area contributed by atoms with Crippen molar-refractivity contribution in [2.24, 2.45) is 17.8 Å². The molecule has 0 N–H and O–H groups in total. The van der Waals surface area contributed by atoms with Gasteiger partial charge in [-0.1, -0.05) is 41.9 Å². The van der Waals surface area contributed by atoms with Gasteiger partial charge in [0.1, 0.15) is 12.4 Å². The molecule has 0 unspecified atom stereocenters. The van der Waals surface area contributed by atoms with Crippen LogP contribution in [0.3, 0.4) is 0 Å². The van der Waals surface area contributed by atoms with Crippen molar-refractivity contribution in [3.05, 3.63) is 88.6 Å². The molecule has 196 valence electrons. The van der Waals surface area contributed by atoms with E-state index in [9.17, 15) is 4.79 Å². The highest BCUT2D eigenvalue weighted by atomic mass is 35.5. The first-order chi connectivity index (χ1) is 18.5. The molecule has 7 rings (SSSR count). The molecule has 0 aliphatic heterocycles. The summed E-state index contributed by atoms with van der Waals surface area (Å²) >= 11 is 6.75. The first-order valence-corrected chi connectivity index (χ1v) is 14.2. The minimum absolute atomic E-state index is 0.172. The number of nitrogens with zero attached hydrogens (tertiary/aromatic N) is 1. The summed E-state index contributed by atoms with van der Waals surface area (Å²) < 4.78 is 11.5. The van der Waals surface area contributed by atoms with Crippen molar-refractivity contribution in [1.82, 2.24) is 4.98 Å². The van der Waals surface area contributed by atoms with Crippen LogP contribution in [0.1, 0.15) is 62.1 Å². The summed E-state index contributed by atoms with van der Waals surface area (Å²) in [5, 5.41) is 0.561. The average molecular weight is 528 g/mol. The number of benzene rings is 2. The SMILES string of the molecule is CCOC(=O)C=Cc1cnc(-c2ccc(OCc3ccccc3)c(C34CC5CC(CC(C5)C3)C4)c2)c(Cl)c1. The summed E-state index contributed by atoms with van der Waals surface area (Å²) in [7, 11) is 0. The van der Waals surface area contributed by atoms with Gasteiger partial charge in [-0.25, -0.2) is 4.79 Å². The first kappa shape index (κ1) is 25.2. The Labute approximate surface area is 230 Å². The fourth-order valence-electron chi connectivity index (χ4n) is 7.50. The van der Waals surface area contributed by atoms with E-state index in [1.807, 2.05) is 12.1 Å². The molecular weight excluding hydrogens is 494 g/mol. The minimum atomic E-state index is -0.376. The number of esters is 1. The maximum Gasteiger partial charge on any atom is 0.330 e. The molecule has 4 nitrogen and oxygen atoms in total. The van der Waals surface area contributed by atoms with Crippen LogP contribution in [0, 0.1) is 17.8 Å². The number of halogens is 1. The Kier molecular flexibility index (Phi) is 7.01. The minimum Gasteiger partial charge on any atom is -0.489 e. The van der Waals surface area contributed by atoms with Gasteiger partial charge in [-0.15, -0.1) is 0 Å². The number of carbonyl (C=O) groups excluding carboxylic acids is 1. The van der Waals surface area contributed by atoms with Crippen LogP contribution in [0.25, 0.3) is 17.3 Å². The van der Waals surface area contributed by atoms with E-state index in [4.69, 9.17) is 26.1 Å². The molecule has 4 fully saturated rings. The van der Waals surface area contributed by atoms with Gasteiger partial charge >= 0.3 is 5.97 Å². The van der Waals surface area contributed by atoms with Crippen molar-refractivity contribution in [3.8, 4) is 17.0 Å². The highest BCUT2D eigenvalue weighted by Gasteiger charge is 2.52. The number of pyridine rings is 1. The zero-order chi connectivity index (χ0) is 26.1. The van der Waals surface area contributed by atoms with Crippen LogP contribution in [-0.2, 0) is 21.6 Å². The smallest absolute Gasteiger partial charge is 0.330 e. The van der Waals surface area contributed by atoms with Crippen molar-refractivity contribution in [2.45, 2.75) is 57.5 Å². The van der Waals surface area contributed by atoms with Gasteiger partial charge in [0.15, 0.2) is 0 Å². The molecule has 0 saturated heterocycles. The van der Waals surface area contributed by atoms with E-state index in [0.29, 0.717) is 18.2 Å². The van der Waals surface area contributed by atoms with E-state index in [1.54, 1.807) is 19.2 Å². The van der Waals surface area contributed by atoms with E-state index in [1.165, 1.54) is 55.7 Å². The van der Waals surface area contributed by atoms with Crippen LogP contribution < -0.4 is 4.74 Å². The van der Waals surface area contributed by atoms with Crippen LogP contribution in [0.5, 0.6) is 5.75 Å². The Bertz CT molecular complexity index is 1310. The highest BCUT2D eigenvalue weighted by molar-refractivity contribution is 6.33. The lowest BCUT2D eigenvalue weighted by atomic mass is 9.48. The van der Waals surface area contributed by atoms with Gasteiger partial charge in [0.05, 0.1) is 17.3 Å². The summed E-state index contributed by atoms with van der Waals surface area (Å²) in [6, 6.07) is 18.7. The summed E-state index contributed by atoms with van der Waals surface area (Å²) in [5.41, 5.74) is 5.19. The lowest BCUT2D eigenvalue weighted by molar-refractivity contribution is -0.137. The van der Waals surface area contributed by atoms with Gasteiger partial charge in [0.25, 0.3) is 0 Å². The van der Waals surface area contributed by atoms with E-state index in [-0.39, 0.29) is 11.4 Å². The molecule has 1 heterocycles. The Balaban J connectivity index is 1.34. The second-order valence-electron chi connectivity index (χ2n) is 11.4. The predicted molar refractivity (Wildman–Crippen MR) is 151 cm³/mol. The normalized spacial score (nSPS) is 25.6. The van der Waals surface area contributed by atoms with Crippen LogP contribution >= 0.6 is 11.6 Å². The second-order valence-corrected chi connectivity index (χ2v) is 11.8. The molecule has 1 aromatic heterocycles. The van der Waals surface area contributed by atoms with Crippen LogP contribution in [0.15, 0.2) is 66.9 Å². The Morgan fingerprint density at radius 3 is 2.39 bits per heavy atom. The molecule has 4 aliphatic rings. The Morgan fingerprint density at radius 2 is 1.74 bits per heavy atom. The standard InChI is InChI=1S/C33H34ClNO3/c1-2-37-31(36)11-8-23-15-29(34)32(35-20-23)27-9-10-30(38-21-22-6-4-3-5-7-22)28(16-27)33-17-24-12-25(18-33)14-26(13-24)19-33/h3-11,15-16,20,24-26H,2,12-14,17-19,21H2,1H3. The molecule has 4 saturated carbocycles. The zero-order valence-electron chi connectivity index (χ0n) is 21.9. The van der Waals surface area contributed by atoms with Crippen molar-refractivity contribution in [1.29, 1.82) is 0 Å². The quantitative estimate of drug-likeness (QED) is 0.220. The highest BCUT2D eigenvalue weighted by Crippen LogP contribution is 2.62. The predicted octanol–water partition coefficient (Wildman–Crippen LogP) is 8.03. The zero-order valence-corrected chi connectivity index (χ0v) is 22.6. The molecule has 3 aromatic rings. The van der Waals surface area contributed by atoms with Gasteiger partial charge in [0, 0.05) is 23.4 Å². The topological polar surface area (TPSA) is 48.4 Å². The monoisotopic (exact) mass is 527 g/mol.